The normalized spacial score (nSPS) is 13.1. The van der Waals surface area contributed by atoms with E-state index >= 15 is 0 Å². The van der Waals surface area contributed by atoms with E-state index in [9.17, 15) is 14.4 Å². The molecule has 0 radical (unpaired) electrons. The van der Waals surface area contributed by atoms with Crippen molar-refractivity contribution in [2.75, 3.05) is 19.7 Å². The van der Waals surface area contributed by atoms with Crippen molar-refractivity contribution in [3.63, 3.8) is 0 Å². The summed E-state index contributed by atoms with van der Waals surface area (Å²) in [6, 6.07) is 19.1. The number of carbonyl (C=O) groups excluding carboxylic acids is 3. The fraction of sp³-hybridized carbons (Fsp3) is 0.241. The van der Waals surface area contributed by atoms with E-state index < -0.39 is 18.4 Å². The quantitative estimate of drug-likeness (QED) is 0.286. The molecular weight excluding hydrogens is 468 g/mol. The summed E-state index contributed by atoms with van der Waals surface area (Å²) in [5, 5.41) is 4.66. The molecule has 5 rings (SSSR count). The predicted octanol–water partition coefficient (Wildman–Crippen LogP) is 4.51. The van der Waals surface area contributed by atoms with Crippen LogP contribution in [0, 0.1) is 6.92 Å². The molecule has 1 aliphatic heterocycles. The van der Waals surface area contributed by atoms with Crippen LogP contribution in [0.1, 0.15) is 55.2 Å². The number of benzene rings is 2. The summed E-state index contributed by atoms with van der Waals surface area (Å²) < 4.78 is 7.11. The zero-order valence-electron chi connectivity index (χ0n) is 20.6. The predicted molar refractivity (Wildman–Crippen MR) is 138 cm³/mol. The molecule has 1 fully saturated rings. The number of carbonyl (C=O) groups is 3. The van der Waals surface area contributed by atoms with Crippen molar-refractivity contribution in [2.24, 2.45) is 0 Å². The summed E-state index contributed by atoms with van der Waals surface area (Å²) in [5.74, 6) is -1.15. The smallest absolute Gasteiger partial charge is 0.342 e. The van der Waals surface area contributed by atoms with Gasteiger partial charge in [-0.2, -0.15) is 5.10 Å². The van der Waals surface area contributed by atoms with Crippen molar-refractivity contribution in [1.29, 1.82) is 0 Å². The van der Waals surface area contributed by atoms with Crippen molar-refractivity contribution in [2.45, 2.75) is 26.3 Å². The molecule has 3 heterocycles. The van der Waals surface area contributed by atoms with Crippen LogP contribution in [-0.2, 0) is 11.3 Å². The Kier molecular flexibility index (Phi) is 6.98. The zero-order valence-corrected chi connectivity index (χ0v) is 20.6. The van der Waals surface area contributed by atoms with E-state index in [1.807, 2.05) is 61.5 Å². The number of aromatic nitrogens is 3. The molecule has 1 amide bonds. The van der Waals surface area contributed by atoms with E-state index in [-0.39, 0.29) is 11.5 Å². The number of rotatable bonds is 8. The monoisotopic (exact) mass is 496 g/mol. The van der Waals surface area contributed by atoms with Gasteiger partial charge in [0.2, 0.25) is 5.78 Å². The number of esters is 1. The number of likely N-dealkylation sites (tertiary alicyclic amines) is 1. The van der Waals surface area contributed by atoms with Crippen LogP contribution in [0.5, 0.6) is 0 Å². The fourth-order valence-corrected chi connectivity index (χ4v) is 4.41. The van der Waals surface area contributed by atoms with Crippen LogP contribution in [0.25, 0.3) is 11.3 Å². The number of ketones is 1. The summed E-state index contributed by atoms with van der Waals surface area (Å²) in [5.41, 5.74) is 4.36. The molecule has 0 unspecified atom stereocenters. The molecule has 1 N–H and O–H groups in total. The highest BCUT2D eigenvalue weighted by molar-refractivity contribution is 6.03. The maximum atomic E-state index is 13.1. The zero-order chi connectivity index (χ0) is 25.8. The van der Waals surface area contributed by atoms with Crippen LogP contribution in [0.3, 0.4) is 0 Å². The van der Waals surface area contributed by atoms with Crippen LogP contribution in [0.15, 0.2) is 73.1 Å². The minimum atomic E-state index is -0.632. The van der Waals surface area contributed by atoms with E-state index in [0.29, 0.717) is 23.5 Å². The average Bonchev–Trinajstić information content (AvgIpc) is 3.69. The maximum Gasteiger partial charge on any atom is 0.342 e. The molecule has 2 aromatic heterocycles. The van der Waals surface area contributed by atoms with E-state index in [1.165, 1.54) is 12.3 Å². The first-order valence-electron chi connectivity index (χ1n) is 12.3. The number of H-pyrrole nitrogens is 1. The summed E-state index contributed by atoms with van der Waals surface area (Å²) in [7, 11) is 0. The molecule has 8 heteroatoms. The second-order valence-electron chi connectivity index (χ2n) is 9.24. The first kappa shape index (κ1) is 24.2. The Morgan fingerprint density at radius 1 is 1.00 bits per heavy atom. The molecule has 37 heavy (non-hydrogen) atoms. The standard InChI is InChI=1S/C29H28N4O4/c1-20-9-11-22(12-10-20)27-24(18-33(31-27)17-21-7-3-2-4-8-21)29(36)37-19-26(34)23-15-25(30-16-23)28(35)32-13-5-6-14-32/h2-4,7-12,15-16,18,30H,5-6,13-14,17,19H2,1H3. The number of aromatic amines is 1. The summed E-state index contributed by atoms with van der Waals surface area (Å²) >= 11 is 0. The summed E-state index contributed by atoms with van der Waals surface area (Å²) in [4.78, 5) is 43.0. The largest absolute Gasteiger partial charge is 0.454 e. The van der Waals surface area contributed by atoms with Crippen molar-refractivity contribution in [3.05, 3.63) is 101 Å². The Bertz CT molecular complexity index is 1410. The van der Waals surface area contributed by atoms with Crippen molar-refractivity contribution < 1.29 is 19.1 Å². The second-order valence-corrected chi connectivity index (χ2v) is 9.24. The van der Waals surface area contributed by atoms with E-state index in [1.54, 1.807) is 15.8 Å². The van der Waals surface area contributed by atoms with Gasteiger partial charge in [0, 0.05) is 36.6 Å². The number of nitrogens with one attached hydrogen (secondary N) is 1. The molecule has 0 spiro atoms. The Morgan fingerprint density at radius 3 is 2.46 bits per heavy atom. The lowest BCUT2D eigenvalue weighted by Crippen LogP contribution is -2.27. The lowest BCUT2D eigenvalue weighted by atomic mass is 10.1. The van der Waals surface area contributed by atoms with Crippen LogP contribution < -0.4 is 0 Å². The molecule has 0 saturated carbocycles. The molecule has 2 aromatic carbocycles. The highest BCUT2D eigenvalue weighted by Gasteiger charge is 2.23. The number of hydrogen-bond acceptors (Lipinski definition) is 5. The van der Waals surface area contributed by atoms with Gasteiger partial charge in [0.15, 0.2) is 6.61 Å². The number of nitrogens with zero attached hydrogens (tertiary/aromatic N) is 3. The van der Waals surface area contributed by atoms with Gasteiger partial charge in [-0.3, -0.25) is 14.3 Å². The Hall–Kier alpha value is -4.46. The average molecular weight is 497 g/mol. The van der Waals surface area contributed by atoms with Crippen LogP contribution >= 0.6 is 0 Å². The van der Waals surface area contributed by atoms with E-state index in [0.717, 1.165) is 42.6 Å². The molecule has 188 valence electrons. The van der Waals surface area contributed by atoms with Gasteiger partial charge in [-0.25, -0.2) is 4.79 Å². The van der Waals surface area contributed by atoms with Gasteiger partial charge in [0.05, 0.1) is 6.54 Å². The third kappa shape index (κ3) is 5.53. The van der Waals surface area contributed by atoms with E-state index in [2.05, 4.69) is 10.1 Å². The molecule has 8 nitrogen and oxygen atoms in total. The highest BCUT2D eigenvalue weighted by atomic mass is 16.5. The third-order valence-corrected chi connectivity index (χ3v) is 6.46. The SMILES string of the molecule is Cc1ccc(-c2nn(Cc3ccccc3)cc2C(=O)OCC(=O)c2c[nH]c(C(=O)N3CCCC3)c2)cc1. The maximum absolute atomic E-state index is 13.1. The van der Waals surface area contributed by atoms with Crippen LogP contribution in [0.4, 0.5) is 0 Å². The molecule has 0 atom stereocenters. The fourth-order valence-electron chi connectivity index (χ4n) is 4.41. The van der Waals surface area contributed by atoms with Gasteiger partial charge in [-0.1, -0.05) is 60.2 Å². The van der Waals surface area contributed by atoms with Gasteiger partial charge < -0.3 is 14.6 Å². The number of amides is 1. The highest BCUT2D eigenvalue weighted by Crippen LogP contribution is 2.24. The molecule has 0 bridgehead atoms. The molecule has 0 aliphatic carbocycles. The molecule has 1 saturated heterocycles. The first-order valence-corrected chi connectivity index (χ1v) is 12.3. The Balaban J connectivity index is 1.31. The van der Waals surface area contributed by atoms with Gasteiger partial charge >= 0.3 is 5.97 Å². The Morgan fingerprint density at radius 2 is 1.73 bits per heavy atom. The van der Waals surface area contributed by atoms with Gasteiger partial charge in [0.25, 0.3) is 5.91 Å². The topological polar surface area (TPSA) is 97.3 Å². The molecule has 1 aliphatic rings. The van der Waals surface area contributed by atoms with E-state index in [4.69, 9.17) is 4.74 Å². The number of ether oxygens (including phenoxy) is 1. The van der Waals surface area contributed by atoms with Crippen molar-refractivity contribution in [3.8, 4) is 11.3 Å². The van der Waals surface area contributed by atoms with Gasteiger partial charge in [-0.15, -0.1) is 0 Å². The number of Topliss-reactive ketones (excluding diaryl/α,β-unsaturated/α-hetero) is 1. The van der Waals surface area contributed by atoms with Crippen LogP contribution in [-0.4, -0.2) is 57.0 Å². The summed E-state index contributed by atoms with van der Waals surface area (Å²) in [6.45, 7) is 3.48. The third-order valence-electron chi connectivity index (χ3n) is 6.46. The van der Waals surface area contributed by atoms with Gasteiger partial charge in [0.1, 0.15) is 17.0 Å². The first-order chi connectivity index (χ1) is 18.0. The lowest BCUT2D eigenvalue weighted by molar-refractivity contribution is 0.0475. The van der Waals surface area contributed by atoms with Gasteiger partial charge in [-0.05, 0) is 31.4 Å². The molecule has 4 aromatic rings. The minimum Gasteiger partial charge on any atom is -0.454 e. The number of hydrogen-bond donors (Lipinski definition) is 1. The summed E-state index contributed by atoms with van der Waals surface area (Å²) in [6.07, 6.45) is 5.11. The molecular formula is C29H28N4O4. The van der Waals surface area contributed by atoms with Crippen LogP contribution in [0.2, 0.25) is 0 Å². The second kappa shape index (κ2) is 10.7. The lowest BCUT2D eigenvalue weighted by Gasteiger charge is -2.13. The number of aryl methyl sites for hydroxylation is 1. The minimum absolute atomic E-state index is 0.123. The van der Waals surface area contributed by atoms with Crippen molar-refractivity contribution >= 4 is 17.7 Å². The Labute approximate surface area is 214 Å². The van der Waals surface area contributed by atoms with Crippen molar-refractivity contribution in [1.82, 2.24) is 19.7 Å².